The van der Waals surface area contributed by atoms with E-state index in [1.54, 1.807) is 36.4 Å². The van der Waals surface area contributed by atoms with Gasteiger partial charge in [-0.2, -0.15) is 0 Å². The first-order valence-electron chi connectivity index (χ1n) is 7.28. The van der Waals surface area contributed by atoms with Crippen LogP contribution in [0.2, 0.25) is 0 Å². The van der Waals surface area contributed by atoms with Gasteiger partial charge in [0.2, 0.25) is 5.91 Å². The predicted octanol–water partition coefficient (Wildman–Crippen LogP) is 3.31. The Balaban J connectivity index is 1.91. The van der Waals surface area contributed by atoms with Crippen molar-refractivity contribution in [2.24, 2.45) is 0 Å². The Hall–Kier alpha value is -2.86. The molecule has 2 rings (SSSR count). The number of anilines is 3. The van der Waals surface area contributed by atoms with E-state index in [1.807, 2.05) is 25.1 Å². The van der Waals surface area contributed by atoms with Crippen LogP contribution in [0.15, 0.2) is 54.6 Å². The molecule has 0 aliphatic heterocycles. The lowest BCUT2D eigenvalue weighted by atomic mass is 10.2. The van der Waals surface area contributed by atoms with Crippen molar-refractivity contribution in [2.75, 3.05) is 29.2 Å². The molecular formula is C17H19N3O3. The van der Waals surface area contributed by atoms with Crippen molar-refractivity contribution in [1.82, 2.24) is 0 Å². The predicted molar refractivity (Wildman–Crippen MR) is 90.6 cm³/mol. The highest BCUT2D eigenvalue weighted by molar-refractivity contribution is 6.00. The van der Waals surface area contributed by atoms with Gasteiger partial charge in [0.15, 0.2) is 0 Å². The van der Waals surface area contributed by atoms with Crippen LogP contribution in [0.25, 0.3) is 0 Å². The minimum atomic E-state index is -0.353. The Labute approximate surface area is 134 Å². The summed E-state index contributed by atoms with van der Waals surface area (Å²) >= 11 is 0. The minimum absolute atomic E-state index is 0.00263. The number of hydrogen-bond acceptors (Lipinski definition) is 3. The first kappa shape index (κ1) is 16.5. The summed E-state index contributed by atoms with van der Waals surface area (Å²) in [6.07, 6.45) is 0. The molecule has 23 heavy (non-hydrogen) atoms. The summed E-state index contributed by atoms with van der Waals surface area (Å²) in [5.41, 5.74) is 1.87. The van der Waals surface area contributed by atoms with E-state index in [4.69, 9.17) is 4.74 Å². The maximum atomic E-state index is 11.9. The third-order valence-corrected chi connectivity index (χ3v) is 2.87. The van der Waals surface area contributed by atoms with Crippen molar-refractivity contribution in [2.45, 2.75) is 6.92 Å². The molecule has 0 saturated heterocycles. The Morgan fingerprint density at radius 1 is 0.870 bits per heavy atom. The van der Waals surface area contributed by atoms with Gasteiger partial charge in [-0.1, -0.05) is 24.3 Å². The molecule has 0 unspecified atom stereocenters. The van der Waals surface area contributed by atoms with Crippen LogP contribution in [0, 0.1) is 0 Å². The molecule has 0 fully saturated rings. The van der Waals surface area contributed by atoms with Crippen LogP contribution in [-0.2, 0) is 9.53 Å². The molecule has 0 saturated carbocycles. The quantitative estimate of drug-likeness (QED) is 0.765. The molecule has 6 heteroatoms. The van der Waals surface area contributed by atoms with E-state index in [9.17, 15) is 9.59 Å². The first-order chi connectivity index (χ1) is 11.2. The van der Waals surface area contributed by atoms with E-state index in [1.165, 1.54) is 0 Å². The number of nitrogens with one attached hydrogen (secondary N) is 3. The molecule has 0 aliphatic carbocycles. The van der Waals surface area contributed by atoms with E-state index in [0.29, 0.717) is 23.7 Å². The van der Waals surface area contributed by atoms with Gasteiger partial charge in [-0.3, -0.25) is 4.79 Å². The van der Waals surface area contributed by atoms with E-state index in [0.717, 1.165) is 0 Å². The second-order valence-electron chi connectivity index (χ2n) is 4.71. The van der Waals surface area contributed by atoms with Crippen LogP contribution in [0.3, 0.4) is 0 Å². The third kappa shape index (κ3) is 5.80. The number of amides is 3. The molecule has 3 amide bonds. The monoisotopic (exact) mass is 313 g/mol. The van der Waals surface area contributed by atoms with E-state index in [-0.39, 0.29) is 18.5 Å². The number of rotatable bonds is 6. The summed E-state index contributed by atoms with van der Waals surface area (Å²) in [4.78, 5) is 23.5. The van der Waals surface area contributed by atoms with Crippen LogP contribution in [-0.4, -0.2) is 25.2 Å². The summed E-state index contributed by atoms with van der Waals surface area (Å²) < 4.78 is 5.04. The van der Waals surface area contributed by atoms with Crippen LogP contribution < -0.4 is 16.0 Å². The molecule has 6 nitrogen and oxygen atoms in total. The molecule has 3 N–H and O–H groups in total. The van der Waals surface area contributed by atoms with Crippen LogP contribution >= 0.6 is 0 Å². The number of benzene rings is 2. The minimum Gasteiger partial charge on any atom is -0.372 e. The third-order valence-electron chi connectivity index (χ3n) is 2.87. The summed E-state index contributed by atoms with van der Waals surface area (Å²) in [6.45, 7) is 2.31. The first-order valence-corrected chi connectivity index (χ1v) is 7.28. The van der Waals surface area contributed by atoms with Gasteiger partial charge in [-0.05, 0) is 37.3 Å². The lowest BCUT2D eigenvalue weighted by Gasteiger charge is -2.10. The van der Waals surface area contributed by atoms with Gasteiger partial charge >= 0.3 is 6.03 Å². The maximum absolute atomic E-state index is 11.9. The maximum Gasteiger partial charge on any atom is 0.323 e. The van der Waals surface area contributed by atoms with Gasteiger partial charge in [0.05, 0.1) is 0 Å². The highest BCUT2D eigenvalue weighted by Crippen LogP contribution is 2.15. The lowest BCUT2D eigenvalue weighted by molar-refractivity contribution is -0.120. The zero-order valence-electron chi connectivity index (χ0n) is 12.8. The Morgan fingerprint density at radius 3 is 2.17 bits per heavy atom. The second kappa shape index (κ2) is 8.55. The van der Waals surface area contributed by atoms with Crippen molar-refractivity contribution in [1.29, 1.82) is 0 Å². The molecule has 0 spiro atoms. The Morgan fingerprint density at radius 2 is 1.48 bits per heavy atom. The molecule has 0 heterocycles. The second-order valence-corrected chi connectivity index (χ2v) is 4.71. The van der Waals surface area contributed by atoms with Crippen molar-refractivity contribution in [3.05, 3.63) is 54.6 Å². The average Bonchev–Trinajstić information content (AvgIpc) is 2.54. The normalized spacial score (nSPS) is 9.96. The van der Waals surface area contributed by atoms with Crippen molar-refractivity contribution >= 4 is 29.0 Å². The van der Waals surface area contributed by atoms with E-state index in [2.05, 4.69) is 16.0 Å². The molecule has 120 valence electrons. The smallest absolute Gasteiger partial charge is 0.323 e. The number of carbonyl (C=O) groups is 2. The number of urea groups is 1. The highest BCUT2D eigenvalue weighted by Gasteiger charge is 2.05. The fourth-order valence-electron chi connectivity index (χ4n) is 1.88. The summed E-state index contributed by atoms with van der Waals surface area (Å²) in [5, 5.41) is 8.14. The fraction of sp³-hybridized carbons (Fsp3) is 0.176. The largest absolute Gasteiger partial charge is 0.372 e. The van der Waals surface area contributed by atoms with Crippen LogP contribution in [0.5, 0.6) is 0 Å². The van der Waals surface area contributed by atoms with Crippen molar-refractivity contribution < 1.29 is 14.3 Å². The summed E-state index contributed by atoms with van der Waals surface area (Å²) in [7, 11) is 0. The number of para-hydroxylation sites is 1. The molecule has 0 atom stereocenters. The molecule has 0 aliphatic rings. The Bertz CT molecular complexity index is 659. The summed E-state index contributed by atoms with van der Waals surface area (Å²) in [5.74, 6) is -0.238. The lowest BCUT2D eigenvalue weighted by Crippen LogP contribution is -2.20. The fourth-order valence-corrected chi connectivity index (χ4v) is 1.88. The summed E-state index contributed by atoms with van der Waals surface area (Å²) in [6, 6.07) is 15.7. The SMILES string of the molecule is CCOCC(=O)Nc1cccc(NC(=O)Nc2ccccc2)c1. The van der Waals surface area contributed by atoms with Crippen LogP contribution in [0.1, 0.15) is 6.92 Å². The molecule has 2 aromatic rings. The standard InChI is InChI=1S/C17H19N3O3/c1-2-23-12-16(21)18-14-9-6-10-15(11-14)20-17(22)19-13-7-4-3-5-8-13/h3-11H,2,12H2,1H3,(H,18,21)(H2,19,20,22). The molecule has 0 aromatic heterocycles. The van der Waals surface area contributed by atoms with Gasteiger partial charge in [-0.25, -0.2) is 4.79 Å². The van der Waals surface area contributed by atoms with Gasteiger partial charge in [0.1, 0.15) is 6.61 Å². The molecule has 2 aromatic carbocycles. The molecule has 0 bridgehead atoms. The topological polar surface area (TPSA) is 79.5 Å². The van der Waals surface area contributed by atoms with Gasteiger partial charge in [0.25, 0.3) is 0 Å². The van der Waals surface area contributed by atoms with E-state index < -0.39 is 0 Å². The highest BCUT2D eigenvalue weighted by atomic mass is 16.5. The van der Waals surface area contributed by atoms with Gasteiger partial charge in [0, 0.05) is 23.7 Å². The van der Waals surface area contributed by atoms with Crippen molar-refractivity contribution in [3.63, 3.8) is 0 Å². The molecule has 0 radical (unpaired) electrons. The molecular weight excluding hydrogens is 294 g/mol. The average molecular weight is 313 g/mol. The Kier molecular flexibility index (Phi) is 6.14. The van der Waals surface area contributed by atoms with Gasteiger partial charge in [-0.15, -0.1) is 0 Å². The van der Waals surface area contributed by atoms with E-state index >= 15 is 0 Å². The van der Waals surface area contributed by atoms with Gasteiger partial charge < -0.3 is 20.7 Å². The van der Waals surface area contributed by atoms with Crippen LogP contribution in [0.4, 0.5) is 21.9 Å². The van der Waals surface area contributed by atoms with Crippen molar-refractivity contribution in [3.8, 4) is 0 Å². The number of hydrogen-bond donors (Lipinski definition) is 3. The zero-order valence-corrected chi connectivity index (χ0v) is 12.8. The number of carbonyl (C=O) groups excluding carboxylic acids is 2. The zero-order chi connectivity index (χ0) is 16.5. The number of ether oxygens (including phenoxy) is 1.